The molecule has 1 rings (SSSR count). The van der Waals surface area contributed by atoms with Gasteiger partial charge >= 0.3 is 0 Å². The van der Waals surface area contributed by atoms with Gasteiger partial charge in [0.1, 0.15) is 30.7 Å². The maximum atomic E-state index is 10.3. The van der Waals surface area contributed by atoms with Gasteiger partial charge in [0.15, 0.2) is 0 Å². The van der Waals surface area contributed by atoms with Gasteiger partial charge in [-0.2, -0.15) is 0 Å². The molecule has 0 spiro atoms. The molecule has 0 unspecified atom stereocenters. The summed E-state index contributed by atoms with van der Waals surface area (Å²) >= 11 is 0. The van der Waals surface area contributed by atoms with Crippen molar-refractivity contribution < 1.29 is 30.3 Å². The predicted molar refractivity (Wildman–Crippen MR) is 113 cm³/mol. The summed E-state index contributed by atoms with van der Waals surface area (Å²) in [4.78, 5) is 1.97. The second-order valence-corrected chi connectivity index (χ2v) is 7.40. The molecule has 29 heavy (non-hydrogen) atoms. The van der Waals surface area contributed by atoms with Gasteiger partial charge in [0, 0.05) is 13.1 Å². The molecule has 0 aliphatic rings. The van der Waals surface area contributed by atoms with Crippen LogP contribution in [0, 0.1) is 6.92 Å². The van der Waals surface area contributed by atoms with Crippen molar-refractivity contribution in [2.45, 2.75) is 57.0 Å². The highest BCUT2D eigenvalue weighted by atomic mass is 16.5. The lowest BCUT2D eigenvalue weighted by atomic mass is 10.0. The fraction of sp³-hybridized carbons (Fsp3) is 0.636. The predicted octanol–water partition coefficient (Wildman–Crippen LogP) is 0.858. The van der Waals surface area contributed by atoms with Crippen LogP contribution in [0.5, 0.6) is 5.75 Å². The number of unbranched alkanes of at least 4 members (excludes halogenated alkanes) is 3. The van der Waals surface area contributed by atoms with Gasteiger partial charge in [-0.05, 0) is 44.9 Å². The molecule has 0 aromatic heterocycles. The van der Waals surface area contributed by atoms with Gasteiger partial charge in [0.05, 0.1) is 12.7 Å². The van der Waals surface area contributed by atoms with Crippen LogP contribution in [0.4, 0.5) is 0 Å². The number of aryl methyl sites for hydroxylation is 1. The number of aliphatic hydroxyl groups excluding tert-OH is 5. The van der Waals surface area contributed by atoms with E-state index in [2.05, 4.69) is 6.58 Å². The van der Waals surface area contributed by atoms with E-state index >= 15 is 0 Å². The van der Waals surface area contributed by atoms with E-state index in [0.717, 1.165) is 37.0 Å². The molecular formula is C22H37NO6. The highest BCUT2D eigenvalue weighted by Crippen LogP contribution is 2.12. The van der Waals surface area contributed by atoms with Gasteiger partial charge < -0.3 is 30.3 Å². The molecule has 1 aromatic rings. The minimum atomic E-state index is -1.62. The molecule has 0 fully saturated rings. The first-order chi connectivity index (χ1) is 13.9. The van der Waals surface area contributed by atoms with Crippen molar-refractivity contribution in [3.63, 3.8) is 0 Å². The van der Waals surface area contributed by atoms with Crippen molar-refractivity contribution in [1.29, 1.82) is 0 Å². The molecule has 5 N–H and O–H groups in total. The first kappa shape index (κ1) is 25.6. The smallest absolute Gasteiger partial charge is 0.119 e. The summed E-state index contributed by atoms with van der Waals surface area (Å²) in [5.74, 6) is 0.767. The van der Waals surface area contributed by atoms with E-state index in [1.54, 1.807) is 0 Å². The highest BCUT2D eigenvalue weighted by Gasteiger charge is 2.30. The Morgan fingerprint density at radius 1 is 0.966 bits per heavy atom. The first-order valence-corrected chi connectivity index (χ1v) is 10.2. The maximum Gasteiger partial charge on any atom is 0.119 e. The number of benzene rings is 1. The van der Waals surface area contributed by atoms with Gasteiger partial charge in [-0.25, -0.2) is 0 Å². The van der Waals surface area contributed by atoms with Crippen LogP contribution in [-0.2, 0) is 0 Å². The van der Waals surface area contributed by atoms with E-state index in [0.29, 0.717) is 19.7 Å². The zero-order valence-corrected chi connectivity index (χ0v) is 17.4. The van der Waals surface area contributed by atoms with E-state index in [1.165, 1.54) is 0 Å². The van der Waals surface area contributed by atoms with Crippen LogP contribution in [-0.4, -0.2) is 87.7 Å². The molecule has 1 aromatic carbocycles. The first-order valence-electron chi connectivity index (χ1n) is 10.2. The lowest BCUT2D eigenvalue weighted by molar-refractivity contribution is -0.119. The van der Waals surface area contributed by atoms with Crippen LogP contribution >= 0.6 is 0 Å². The van der Waals surface area contributed by atoms with Crippen LogP contribution in [0.15, 0.2) is 36.9 Å². The number of nitrogens with zero attached hydrogens (tertiary/aromatic N) is 1. The Bertz CT molecular complexity index is 553. The van der Waals surface area contributed by atoms with Crippen molar-refractivity contribution in [1.82, 2.24) is 4.90 Å². The lowest BCUT2D eigenvalue weighted by Gasteiger charge is -2.30. The molecule has 7 nitrogen and oxygen atoms in total. The summed E-state index contributed by atoms with van der Waals surface area (Å²) in [5.41, 5.74) is 1.15. The third kappa shape index (κ3) is 10.2. The van der Waals surface area contributed by atoms with Crippen molar-refractivity contribution >= 4 is 0 Å². The van der Waals surface area contributed by atoms with E-state index in [4.69, 9.17) is 9.84 Å². The van der Waals surface area contributed by atoms with Crippen LogP contribution in [0.2, 0.25) is 0 Å². The molecule has 0 saturated heterocycles. The van der Waals surface area contributed by atoms with Crippen LogP contribution in [0.3, 0.4) is 0 Å². The molecular weight excluding hydrogens is 374 g/mol. The van der Waals surface area contributed by atoms with Gasteiger partial charge in [0.2, 0.25) is 0 Å². The fourth-order valence-electron chi connectivity index (χ4n) is 2.96. The quantitative estimate of drug-likeness (QED) is 0.202. The molecule has 0 radical (unpaired) electrons. The van der Waals surface area contributed by atoms with Gasteiger partial charge in [0.25, 0.3) is 0 Å². The summed E-state index contributed by atoms with van der Waals surface area (Å²) in [5, 5.41) is 48.6. The topological polar surface area (TPSA) is 114 Å². The number of rotatable bonds is 16. The van der Waals surface area contributed by atoms with Crippen molar-refractivity contribution in [3.8, 4) is 5.75 Å². The Labute approximate surface area is 173 Å². The Balaban J connectivity index is 2.56. The highest BCUT2D eigenvalue weighted by molar-refractivity contribution is 5.26. The van der Waals surface area contributed by atoms with Crippen LogP contribution in [0.1, 0.15) is 31.2 Å². The summed E-state index contributed by atoms with van der Waals surface area (Å²) in [6.07, 6.45) is -0.106. The minimum absolute atomic E-state index is 0.120. The van der Waals surface area contributed by atoms with Gasteiger partial charge in [-0.3, -0.25) is 4.90 Å². The van der Waals surface area contributed by atoms with Crippen molar-refractivity contribution in [2.24, 2.45) is 0 Å². The number of aliphatic hydroxyl groups is 5. The molecule has 0 aliphatic carbocycles. The van der Waals surface area contributed by atoms with E-state index in [1.807, 2.05) is 42.2 Å². The van der Waals surface area contributed by atoms with E-state index in [9.17, 15) is 20.4 Å². The normalized spacial score (nSPS) is 15.7. The van der Waals surface area contributed by atoms with Gasteiger partial charge in [-0.1, -0.05) is 30.2 Å². The minimum Gasteiger partial charge on any atom is -0.492 e. The maximum absolute atomic E-state index is 10.3. The number of ether oxygens (including phenoxy) is 1. The molecule has 0 aliphatic heterocycles. The SMILES string of the molecule is C=CCCCCCN(CCOc1ccc(C)cc1)C[C@H](O)[C@@H](O)[C@H](O)[C@H](O)CO. The monoisotopic (exact) mass is 411 g/mol. The largest absolute Gasteiger partial charge is 0.492 e. The molecule has 0 bridgehead atoms. The van der Waals surface area contributed by atoms with Crippen molar-refractivity contribution in [3.05, 3.63) is 42.5 Å². The van der Waals surface area contributed by atoms with E-state index < -0.39 is 31.0 Å². The summed E-state index contributed by atoms with van der Waals surface area (Å²) in [6, 6.07) is 7.75. The Morgan fingerprint density at radius 2 is 1.62 bits per heavy atom. The summed E-state index contributed by atoms with van der Waals surface area (Å²) in [7, 11) is 0. The molecule has 166 valence electrons. The van der Waals surface area contributed by atoms with Crippen LogP contribution < -0.4 is 4.74 Å². The molecule has 0 heterocycles. The van der Waals surface area contributed by atoms with Crippen molar-refractivity contribution in [2.75, 3.05) is 32.8 Å². The average molecular weight is 412 g/mol. The third-order valence-corrected chi connectivity index (χ3v) is 4.85. The fourth-order valence-corrected chi connectivity index (χ4v) is 2.96. The average Bonchev–Trinajstić information content (AvgIpc) is 2.72. The molecule has 0 saturated carbocycles. The second kappa shape index (κ2) is 14.5. The van der Waals surface area contributed by atoms with E-state index in [-0.39, 0.29) is 6.54 Å². The zero-order chi connectivity index (χ0) is 21.6. The molecule has 7 heteroatoms. The standard InChI is InChI=1S/C22H37NO6/c1-3-4-5-6-7-12-23(13-14-29-18-10-8-17(2)9-11-18)15-19(25)21(27)22(28)20(26)16-24/h3,8-11,19-22,24-28H,1,4-7,12-16H2,2H3/t19-,20+,21+,22+/m0/s1. The zero-order valence-electron chi connectivity index (χ0n) is 17.4. The Hall–Kier alpha value is -1.48. The van der Waals surface area contributed by atoms with Gasteiger partial charge in [-0.15, -0.1) is 6.58 Å². The third-order valence-electron chi connectivity index (χ3n) is 4.85. The summed E-state index contributed by atoms with van der Waals surface area (Å²) in [6.45, 7) is 6.81. The number of hydrogen-bond donors (Lipinski definition) is 5. The Morgan fingerprint density at radius 3 is 2.24 bits per heavy atom. The number of hydrogen-bond acceptors (Lipinski definition) is 7. The van der Waals surface area contributed by atoms with Crippen LogP contribution in [0.25, 0.3) is 0 Å². The number of allylic oxidation sites excluding steroid dienone is 1. The second-order valence-electron chi connectivity index (χ2n) is 7.40. The molecule has 0 amide bonds. The molecule has 4 atom stereocenters. The Kier molecular flexibility index (Phi) is 12.8. The summed E-state index contributed by atoms with van der Waals surface area (Å²) < 4.78 is 5.76. The lowest BCUT2D eigenvalue weighted by Crippen LogP contribution is -2.50.